The van der Waals surface area contributed by atoms with E-state index in [0.717, 1.165) is 32.4 Å². The highest BCUT2D eigenvalue weighted by Crippen LogP contribution is 2.38. The molecular formula is C41H32N2. The average Bonchev–Trinajstić information content (AvgIpc) is 3.70. The van der Waals surface area contributed by atoms with Crippen molar-refractivity contribution < 1.29 is 0 Å². The summed E-state index contributed by atoms with van der Waals surface area (Å²) in [6, 6.07) is 49.6. The molecule has 2 aromatic heterocycles. The van der Waals surface area contributed by atoms with Gasteiger partial charge in [0, 0.05) is 56.7 Å². The molecule has 9 rings (SSSR count). The van der Waals surface area contributed by atoms with Gasteiger partial charge in [0.05, 0.1) is 0 Å². The molecule has 2 heterocycles. The summed E-state index contributed by atoms with van der Waals surface area (Å²) in [5.41, 5.74) is 13.9. The highest BCUT2D eigenvalue weighted by molar-refractivity contribution is 6.08. The van der Waals surface area contributed by atoms with Crippen LogP contribution in [0.4, 0.5) is 0 Å². The van der Waals surface area contributed by atoms with E-state index in [0.29, 0.717) is 0 Å². The fourth-order valence-electron chi connectivity index (χ4n) is 7.54. The van der Waals surface area contributed by atoms with Crippen LogP contribution < -0.4 is 0 Å². The number of hydrogen-bond donors (Lipinski definition) is 0. The van der Waals surface area contributed by atoms with Gasteiger partial charge >= 0.3 is 0 Å². The van der Waals surface area contributed by atoms with Gasteiger partial charge in [-0.25, -0.2) is 0 Å². The molecule has 1 aliphatic rings. The summed E-state index contributed by atoms with van der Waals surface area (Å²) in [5, 5.41) is 5.37. The maximum Gasteiger partial charge on any atom is 0.0491 e. The lowest BCUT2D eigenvalue weighted by Crippen LogP contribution is -2.02. The maximum absolute atomic E-state index is 2.50. The number of aryl methyl sites for hydroxylation is 4. The molecule has 0 amide bonds. The van der Waals surface area contributed by atoms with Gasteiger partial charge in [-0.2, -0.15) is 0 Å². The molecule has 0 fully saturated rings. The van der Waals surface area contributed by atoms with E-state index in [1.807, 2.05) is 0 Å². The normalized spacial score (nSPS) is 12.5. The first-order valence-electron chi connectivity index (χ1n) is 15.5. The summed E-state index contributed by atoms with van der Waals surface area (Å²) in [5.74, 6) is 0. The van der Waals surface area contributed by atoms with Crippen LogP contribution in [-0.2, 0) is 32.4 Å². The standard InChI is InChI=1S/C41H32N2/c1-5-13-38-32(9-1)33-10-2-6-14-39(33)42(38)23-21-28-17-19-30-27-31-20-18-29(26-37(31)36(30)25-28)22-24-43-40-15-7-3-11-34(40)35-12-4-8-16-41(35)43/h1-20,25-26H,21-24,27H2. The van der Waals surface area contributed by atoms with Crippen molar-refractivity contribution in [3.05, 3.63) is 156 Å². The van der Waals surface area contributed by atoms with Gasteiger partial charge in [0.2, 0.25) is 0 Å². The minimum Gasteiger partial charge on any atom is -0.340 e. The zero-order valence-corrected chi connectivity index (χ0v) is 24.1. The third kappa shape index (κ3) is 3.94. The SMILES string of the molecule is c1ccc2c(c1)c1ccccc1n2CCc1ccc2c(c1)-c1cc(CCn3c4ccccc4c4ccccc43)ccc1C2. The largest absolute Gasteiger partial charge is 0.340 e. The first-order chi connectivity index (χ1) is 21.3. The molecule has 0 bridgehead atoms. The highest BCUT2D eigenvalue weighted by Gasteiger charge is 2.20. The van der Waals surface area contributed by atoms with E-state index in [4.69, 9.17) is 0 Å². The Morgan fingerprint density at radius 3 is 1.12 bits per heavy atom. The summed E-state index contributed by atoms with van der Waals surface area (Å²) in [6.45, 7) is 1.94. The lowest BCUT2D eigenvalue weighted by Gasteiger charge is -2.11. The second kappa shape index (κ2) is 9.74. The Kier molecular flexibility index (Phi) is 5.55. The van der Waals surface area contributed by atoms with Crippen LogP contribution in [0.25, 0.3) is 54.7 Å². The molecule has 0 saturated carbocycles. The van der Waals surface area contributed by atoms with Crippen molar-refractivity contribution in [2.75, 3.05) is 0 Å². The minimum absolute atomic E-state index is 0.971. The summed E-state index contributed by atoms with van der Waals surface area (Å²) in [6.07, 6.45) is 3.06. The Morgan fingerprint density at radius 2 is 0.744 bits per heavy atom. The average molecular weight is 553 g/mol. The molecule has 206 valence electrons. The van der Waals surface area contributed by atoms with Gasteiger partial charge in [-0.3, -0.25) is 0 Å². The molecular weight excluding hydrogens is 520 g/mol. The monoisotopic (exact) mass is 552 g/mol. The Hall–Kier alpha value is -5.08. The van der Waals surface area contributed by atoms with Crippen LogP contribution >= 0.6 is 0 Å². The molecule has 6 aromatic carbocycles. The van der Waals surface area contributed by atoms with Crippen LogP contribution in [0.3, 0.4) is 0 Å². The summed E-state index contributed by atoms with van der Waals surface area (Å²) < 4.78 is 5.00. The molecule has 2 nitrogen and oxygen atoms in total. The molecule has 43 heavy (non-hydrogen) atoms. The first-order valence-corrected chi connectivity index (χ1v) is 15.5. The van der Waals surface area contributed by atoms with Crippen LogP contribution in [0.15, 0.2) is 133 Å². The van der Waals surface area contributed by atoms with Crippen LogP contribution in [0.1, 0.15) is 22.3 Å². The van der Waals surface area contributed by atoms with Crippen molar-refractivity contribution in [1.82, 2.24) is 9.13 Å². The summed E-state index contributed by atoms with van der Waals surface area (Å²) in [4.78, 5) is 0. The Bertz CT molecular complexity index is 2060. The fraction of sp³-hybridized carbons (Fsp3) is 0.122. The Labute approximate surface area is 251 Å². The molecule has 1 aliphatic carbocycles. The van der Waals surface area contributed by atoms with Gasteiger partial charge in [-0.05, 0) is 76.9 Å². The van der Waals surface area contributed by atoms with Crippen LogP contribution in [0.5, 0.6) is 0 Å². The number of fused-ring (bicyclic) bond motifs is 9. The molecule has 0 aliphatic heterocycles. The number of benzene rings is 6. The number of para-hydroxylation sites is 4. The van der Waals surface area contributed by atoms with Gasteiger partial charge in [-0.15, -0.1) is 0 Å². The van der Waals surface area contributed by atoms with Crippen LogP contribution in [-0.4, -0.2) is 9.13 Å². The topological polar surface area (TPSA) is 9.86 Å². The van der Waals surface area contributed by atoms with Crippen molar-refractivity contribution in [3.63, 3.8) is 0 Å². The molecule has 8 aromatic rings. The van der Waals surface area contributed by atoms with Crippen molar-refractivity contribution in [1.29, 1.82) is 0 Å². The zero-order chi connectivity index (χ0) is 28.3. The molecule has 0 saturated heterocycles. The zero-order valence-electron chi connectivity index (χ0n) is 24.1. The minimum atomic E-state index is 0.971. The number of aromatic nitrogens is 2. The molecule has 2 heteroatoms. The van der Waals surface area contributed by atoms with Crippen LogP contribution in [0.2, 0.25) is 0 Å². The summed E-state index contributed by atoms with van der Waals surface area (Å²) in [7, 11) is 0. The van der Waals surface area contributed by atoms with E-state index >= 15 is 0 Å². The van der Waals surface area contributed by atoms with E-state index in [-0.39, 0.29) is 0 Å². The molecule has 0 radical (unpaired) electrons. The van der Waals surface area contributed by atoms with Gasteiger partial charge in [-0.1, -0.05) is 109 Å². The summed E-state index contributed by atoms with van der Waals surface area (Å²) >= 11 is 0. The van der Waals surface area contributed by atoms with Crippen molar-refractivity contribution in [2.45, 2.75) is 32.4 Å². The predicted molar refractivity (Wildman–Crippen MR) is 181 cm³/mol. The second-order valence-electron chi connectivity index (χ2n) is 12.0. The smallest absolute Gasteiger partial charge is 0.0491 e. The quantitative estimate of drug-likeness (QED) is 0.194. The van der Waals surface area contributed by atoms with Crippen LogP contribution in [0, 0.1) is 0 Å². The van der Waals surface area contributed by atoms with E-state index in [9.17, 15) is 0 Å². The number of rotatable bonds is 6. The van der Waals surface area contributed by atoms with Gasteiger partial charge < -0.3 is 9.13 Å². The van der Waals surface area contributed by atoms with Gasteiger partial charge in [0.25, 0.3) is 0 Å². The third-order valence-electron chi connectivity index (χ3n) is 9.63. The molecule has 0 atom stereocenters. The Morgan fingerprint density at radius 1 is 0.395 bits per heavy atom. The highest BCUT2D eigenvalue weighted by atomic mass is 15.0. The van der Waals surface area contributed by atoms with Gasteiger partial charge in [0.1, 0.15) is 0 Å². The second-order valence-corrected chi connectivity index (χ2v) is 12.0. The number of hydrogen-bond acceptors (Lipinski definition) is 0. The van der Waals surface area contributed by atoms with E-state index < -0.39 is 0 Å². The lowest BCUT2D eigenvalue weighted by atomic mass is 9.99. The van der Waals surface area contributed by atoms with Gasteiger partial charge in [0.15, 0.2) is 0 Å². The third-order valence-corrected chi connectivity index (χ3v) is 9.63. The molecule has 0 N–H and O–H groups in total. The van der Waals surface area contributed by atoms with E-state index in [2.05, 4.69) is 143 Å². The van der Waals surface area contributed by atoms with E-state index in [1.165, 1.54) is 77.0 Å². The van der Waals surface area contributed by atoms with Crippen molar-refractivity contribution in [2.24, 2.45) is 0 Å². The number of nitrogens with zero attached hydrogens (tertiary/aromatic N) is 2. The van der Waals surface area contributed by atoms with Crippen molar-refractivity contribution in [3.8, 4) is 11.1 Å². The van der Waals surface area contributed by atoms with Crippen molar-refractivity contribution >= 4 is 43.6 Å². The first kappa shape index (κ1) is 24.5. The predicted octanol–water partition coefficient (Wildman–Crippen LogP) is 9.96. The molecule has 0 spiro atoms. The molecule has 0 unspecified atom stereocenters. The fourth-order valence-corrected chi connectivity index (χ4v) is 7.54. The lowest BCUT2D eigenvalue weighted by molar-refractivity contribution is 0.744. The van der Waals surface area contributed by atoms with E-state index in [1.54, 1.807) is 0 Å². The Balaban J connectivity index is 1.01. The maximum atomic E-state index is 2.50.